The molecular weight excluding hydrogens is 279 g/mol. The second-order valence-corrected chi connectivity index (χ2v) is 5.67. The van der Waals surface area contributed by atoms with Gasteiger partial charge in [-0.25, -0.2) is 4.39 Å². The Morgan fingerprint density at radius 1 is 1.36 bits per heavy atom. The van der Waals surface area contributed by atoms with Gasteiger partial charge in [0.1, 0.15) is 5.82 Å². The van der Waals surface area contributed by atoms with Gasteiger partial charge in [-0.1, -0.05) is 19.1 Å². The van der Waals surface area contributed by atoms with Crippen LogP contribution in [0.15, 0.2) is 23.2 Å². The SMILES string of the molecule is CCC(C)N(C)CCNC(=NC)NCc1ccc(F)c(C)c1. The number of aliphatic imine (C=N–C) groups is 1. The van der Waals surface area contributed by atoms with Gasteiger partial charge < -0.3 is 15.5 Å². The van der Waals surface area contributed by atoms with E-state index >= 15 is 0 Å². The van der Waals surface area contributed by atoms with E-state index in [0.29, 0.717) is 18.2 Å². The van der Waals surface area contributed by atoms with Gasteiger partial charge >= 0.3 is 0 Å². The molecule has 0 aliphatic heterocycles. The molecule has 0 fully saturated rings. The number of nitrogens with one attached hydrogen (secondary N) is 2. The summed E-state index contributed by atoms with van der Waals surface area (Å²) in [6, 6.07) is 5.73. The monoisotopic (exact) mass is 308 g/mol. The summed E-state index contributed by atoms with van der Waals surface area (Å²) in [5.41, 5.74) is 1.70. The average Bonchev–Trinajstić information content (AvgIpc) is 2.52. The molecule has 5 heteroatoms. The molecule has 0 heterocycles. The number of rotatable bonds is 7. The lowest BCUT2D eigenvalue weighted by Gasteiger charge is -2.24. The van der Waals surface area contributed by atoms with Gasteiger partial charge in [0.05, 0.1) is 0 Å². The molecule has 1 unspecified atom stereocenters. The van der Waals surface area contributed by atoms with Gasteiger partial charge in [0.25, 0.3) is 0 Å². The summed E-state index contributed by atoms with van der Waals surface area (Å²) in [6.07, 6.45) is 1.15. The van der Waals surface area contributed by atoms with Crippen LogP contribution < -0.4 is 10.6 Å². The maximum atomic E-state index is 13.2. The minimum Gasteiger partial charge on any atom is -0.355 e. The average molecular weight is 308 g/mol. The van der Waals surface area contributed by atoms with Crippen molar-refractivity contribution in [2.24, 2.45) is 4.99 Å². The maximum absolute atomic E-state index is 13.2. The topological polar surface area (TPSA) is 39.7 Å². The molecule has 22 heavy (non-hydrogen) atoms. The van der Waals surface area contributed by atoms with Crippen molar-refractivity contribution in [3.63, 3.8) is 0 Å². The molecule has 0 amide bonds. The first-order valence-electron chi connectivity index (χ1n) is 7.87. The Morgan fingerprint density at radius 2 is 2.09 bits per heavy atom. The van der Waals surface area contributed by atoms with Crippen molar-refractivity contribution in [1.82, 2.24) is 15.5 Å². The molecule has 1 rings (SSSR count). The zero-order chi connectivity index (χ0) is 16.5. The zero-order valence-corrected chi connectivity index (χ0v) is 14.4. The second kappa shape index (κ2) is 9.41. The number of benzene rings is 1. The molecule has 2 N–H and O–H groups in total. The highest BCUT2D eigenvalue weighted by atomic mass is 19.1. The van der Waals surface area contributed by atoms with Gasteiger partial charge in [-0.05, 0) is 44.5 Å². The highest BCUT2D eigenvalue weighted by molar-refractivity contribution is 5.79. The largest absolute Gasteiger partial charge is 0.355 e. The van der Waals surface area contributed by atoms with E-state index in [9.17, 15) is 4.39 Å². The Labute approximate surface area is 133 Å². The molecule has 0 aliphatic carbocycles. The van der Waals surface area contributed by atoms with E-state index in [-0.39, 0.29) is 5.82 Å². The van der Waals surface area contributed by atoms with Crippen molar-refractivity contribution in [3.8, 4) is 0 Å². The molecule has 0 bridgehead atoms. The first kappa shape index (κ1) is 18.4. The Bertz CT molecular complexity index is 488. The van der Waals surface area contributed by atoms with Gasteiger partial charge in [-0.15, -0.1) is 0 Å². The molecule has 1 aromatic rings. The predicted molar refractivity (Wildman–Crippen MR) is 91.7 cm³/mol. The summed E-state index contributed by atoms with van der Waals surface area (Å²) >= 11 is 0. The third kappa shape index (κ3) is 6.02. The molecule has 0 aromatic heterocycles. The van der Waals surface area contributed by atoms with Crippen LogP contribution in [0.25, 0.3) is 0 Å². The summed E-state index contributed by atoms with van der Waals surface area (Å²) in [4.78, 5) is 6.53. The minimum atomic E-state index is -0.167. The van der Waals surface area contributed by atoms with Crippen molar-refractivity contribution in [2.45, 2.75) is 39.8 Å². The number of aryl methyl sites for hydroxylation is 1. The van der Waals surface area contributed by atoms with Gasteiger partial charge in [0.2, 0.25) is 0 Å². The highest BCUT2D eigenvalue weighted by Gasteiger charge is 2.06. The Hall–Kier alpha value is -1.62. The van der Waals surface area contributed by atoms with Gasteiger partial charge in [0.15, 0.2) is 5.96 Å². The van der Waals surface area contributed by atoms with Crippen LogP contribution in [0, 0.1) is 12.7 Å². The lowest BCUT2D eigenvalue weighted by Crippen LogP contribution is -2.42. The summed E-state index contributed by atoms with van der Waals surface area (Å²) in [7, 11) is 3.89. The van der Waals surface area contributed by atoms with Crippen LogP contribution in [-0.4, -0.2) is 44.1 Å². The fraction of sp³-hybridized carbons (Fsp3) is 0.588. The molecule has 4 nitrogen and oxygen atoms in total. The van der Waals surface area contributed by atoms with Gasteiger partial charge in [-0.2, -0.15) is 0 Å². The minimum absolute atomic E-state index is 0.167. The maximum Gasteiger partial charge on any atom is 0.191 e. The molecular formula is C17H29FN4. The fourth-order valence-electron chi connectivity index (χ4n) is 2.11. The van der Waals surface area contributed by atoms with Crippen LogP contribution in [0.3, 0.4) is 0 Å². The molecule has 0 radical (unpaired) electrons. The van der Waals surface area contributed by atoms with E-state index in [1.807, 2.05) is 6.07 Å². The lowest BCUT2D eigenvalue weighted by atomic mass is 10.1. The van der Waals surface area contributed by atoms with Gasteiger partial charge in [-0.3, -0.25) is 4.99 Å². The number of nitrogens with zero attached hydrogens (tertiary/aromatic N) is 2. The van der Waals surface area contributed by atoms with Crippen LogP contribution in [0.2, 0.25) is 0 Å². The van der Waals surface area contributed by atoms with E-state index in [2.05, 4.69) is 41.4 Å². The highest BCUT2D eigenvalue weighted by Crippen LogP contribution is 2.08. The van der Waals surface area contributed by atoms with Crippen molar-refractivity contribution in [3.05, 3.63) is 35.1 Å². The first-order chi connectivity index (χ1) is 10.5. The van der Waals surface area contributed by atoms with E-state index in [1.165, 1.54) is 6.07 Å². The molecule has 1 atom stereocenters. The standard InChI is InChI=1S/C17H29FN4/c1-6-14(3)22(5)10-9-20-17(19-4)21-12-15-7-8-16(18)13(2)11-15/h7-8,11,14H,6,9-10,12H2,1-5H3,(H2,19,20,21). The molecule has 0 saturated carbocycles. The van der Waals surface area contributed by atoms with Crippen molar-refractivity contribution in [1.29, 1.82) is 0 Å². The van der Waals surface area contributed by atoms with E-state index in [1.54, 1.807) is 20.0 Å². The van der Waals surface area contributed by atoms with Crippen LogP contribution in [-0.2, 0) is 6.54 Å². The van der Waals surface area contributed by atoms with Crippen molar-refractivity contribution < 1.29 is 4.39 Å². The Balaban J connectivity index is 2.38. The van der Waals surface area contributed by atoms with Crippen molar-refractivity contribution >= 4 is 5.96 Å². The van der Waals surface area contributed by atoms with E-state index in [0.717, 1.165) is 31.0 Å². The van der Waals surface area contributed by atoms with Crippen LogP contribution in [0.1, 0.15) is 31.4 Å². The van der Waals surface area contributed by atoms with Crippen LogP contribution in [0.4, 0.5) is 4.39 Å². The number of hydrogen-bond acceptors (Lipinski definition) is 2. The third-order valence-electron chi connectivity index (χ3n) is 4.01. The number of likely N-dealkylation sites (N-methyl/N-ethyl adjacent to an activating group) is 1. The zero-order valence-electron chi connectivity index (χ0n) is 14.4. The molecule has 124 valence electrons. The van der Waals surface area contributed by atoms with Gasteiger partial charge in [0, 0.05) is 32.7 Å². The Morgan fingerprint density at radius 3 is 2.68 bits per heavy atom. The summed E-state index contributed by atoms with van der Waals surface area (Å²) in [5.74, 6) is 0.596. The van der Waals surface area contributed by atoms with E-state index in [4.69, 9.17) is 0 Å². The predicted octanol–water partition coefficient (Wildman–Crippen LogP) is 2.53. The summed E-state index contributed by atoms with van der Waals surface area (Å²) < 4.78 is 13.2. The molecule has 0 spiro atoms. The molecule has 0 aliphatic rings. The van der Waals surface area contributed by atoms with E-state index < -0.39 is 0 Å². The van der Waals surface area contributed by atoms with Crippen molar-refractivity contribution in [2.75, 3.05) is 27.2 Å². The molecule has 1 aromatic carbocycles. The summed E-state index contributed by atoms with van der Waals surface area (Å²) in [6.45, 7) is 8.62. The van der Waals surface area contributed by atoms with Crippen LogP contribution >= 0.6 is 0 Å². The van der Waals surface area contributed by atoms with Crippen LogP contribution in [0.5, 0.6) is 0 Å². The quantitative estimate of drug-likeness (QED) is 0.601. The lowest BCUT2D eigenvalue weighted by molar-refractivity contribution is 0.255. The number of halogens is 1. The number of guanidine groups is 1. The first-order valence-corrected chi connectivity index (χ1v) is 7.87. The number of hydrogen-bond donors (Lipinski definition) is 2. The Kier molecular flexibility index (Phi) is 7.88. The third-order valence-corrected chi connectivity index (χ3v) is 4.01. The molecule has 0 saturated heterocycles. The fourth-order valence-corrected chi connectivity index (χ4v) is 2.11. The summed E-state index contributed by atoms with van der Waals surface area (Å²) in [5, 5.41) is 6.55. The second-order valence-electron chi connectivity index (χ2n) is 5.67. The normalized spacial score (nSPS) is 13.3. The smallest absolute Gasteiger partial charge is 0.191 e.